The number of nitrogens with zero attached hydrogens (tertiary/aromatic N) is 3. The van der Waals surface area contributed by atoms with Gasteiger partial charge in [-0.05, 0) is 37.3 Å². The Morgan fingerprint density at radius 2 is 1.47 bits per heavy atom. The van der Waals surface area contributed by atoms with Gasteiger partial charge >= 0.3 is 0 Å². The van der Waals surface area contributed by atoms with Crippen molar-refractivity contribution in [1.82, 2.24) is 9.78 Å². The van der Waals surface area contributed by atoms with E-state index < -0.39 is 5.41 Å². The Morgan fingerprint density at radius 1 is 0.814 bits per heavy atom. The first-order chi connectivity index (χ1) is 21.0. The van der Waals surface area contributed by atoms with Crippen LogP contribution in [-0.2, 0) is 10.2 Å². The van der Waals surface area contributed by atoms with Crippen LogP contribution in [0.4, 0.5) is 11.5 Å². The van der Waals surface area contributed by atoms with Crippen LogP contribution in [-0.4, -0.2) is 33.8 Å². The van der Waals surface area contributed by atoms with Crippen molar-refractivity contribution < 1.29 is 14.4 Å². The minimum absolute atomic E-state index is 0.102. The van der Waals surface area contributed by atoms with Gasteiger partial charge in [-0.2, -0.15) is 5.10 Å². The summed E-state index contributed by atoms with van der Waals surface area (Å²) in [6, 6.07) is 31.7. The lowest BCUT2D eigenvalue weighted by Crippen LogP contribution is -2.50. The zero-order chi connectivity index (χ0) is 29.5. The van der Waals surface area contributed by atoms with E-state index in [0.717, 1.165) is 15.7 Å². The van der Waals surface area contributed by atoms with Crippen LogP contribution < -0.4 is 10.2 Å². The molecule has 3 heterocycles. The molecule has 208 valence electrons. The minimum atomic E-state index is -1.64. The quantitative estimate of drug-likeness (QED) is 0.240. The van der Waals surface area contributed by atoms with E-state index in [1.54, 1.807) is 33.8 Å². The van der Waals surface area contributed by atoms with Gasteiger partial charge in [0.2, 0.25) is 11.7 Å². The Hall–Kier alpha value is -5.08. The molecule has 0 saturated heterocycles. The number of carbonyl (C=O) groups excluding carboxylic acids is 3. The molecule has 8 rings (SSSR count). The second-order valence-corrected chi connectivity index (χ2v) is 11.6. The Balaban J connectivity index is 1.57. The molecular formula is C35H23BrN4O3. The number of allylic oxidation sites excluding steroid dienone is 1. The van der Waals surface area contributed by atoms with Gasteiger partial charge < -0.3 is 10.2 Å². The molecule has 1 spiro atoms. The van der Waals surface area contributed by atoms with Gasteiger partial charge in [0.1, 0.15) is 11.2 Å². The number of amides is 1. The number of anilines is 2. The predicted molar refractivity (Wildman–Crippen MR) is 168 cm³/mol. The summed E-state index contributed by atoms with van der Waals surface area (Å²) in [6.45, 7) is 2.29. The van der Waals surface area contributed by atoms with Crippen LogP contribution >= 0.6 is 15.9 Å². The number of benzene rings is 4. The Bertz CT molecular complexity index is 2070. The van der Waals surface area contributed by atoms with Gasteiger partial charge in [-0.3, -0.25) is 14.4 Å². The highest BCUT2D eigenvalue weighted by Crippen LogP contribution is 2.59. The molecule has 1 amide bonds. The molecule has 7 nitrogen and oxygen atoms in total. The van der Waals surface area contributed by atoms with Crippen LogP contribution in [0.3, 0.4) is 0 Å². The van der Waals surface area contributed by atoms with Crippen LogP contribution in [0.25, 0.3) is 16.9 Å². The van der Waals surface area contributed by atoms with E-state index >= 15 is 4.79 Å². The van der Waals surface area contributed by atoms with Crippen molar-refractivity contribution in [3.05, 3.63) is 141 Å². The number of nitrogens with one attached hydrogen (secondary N) is 1. The highest BCUT2D eigenvalue weighted by Gasteiger charge is 2.63. The van der Waals surface area contributed by atoms with Gasteiger partial charge in [-0.1, -0.05) is 88.7 Å². The number of hydrogen-bond acceptors (Lipinski definition) is 5. The van der Waals surface area contributed by atoms with Crippen molar-refractivity contribution in [2.24, 2.45) is 0 Å². The van der Waals surface area contributed by atoms with E-state index in [4.69, 9.17) is 5.10 Å². The van der Waals surface area contributed by atoms with Crippen LogP contribution in [0, 0.1) is 0 Å². The first-order valence-electron chi connectivity index (χ1n) is 14.0. The first kappa shape index (κ1) is 25.6. The van der Waals surface area contributed by atoms with Crippen molar-refractivity contribution in [1.29, 1.82) is 0 Å². The number of Topliss-reactive ketones (excluding diaryl/α,β-unsaturated/α-hetero) is 2. The normalized spacial score (nSPS) is 18.4. The van der Waals surface area contributed by atoms with E-state index in [1.165, 1.54) is 0 Å². The molecule has 1 aliphatic carbocycles. The SMILES string of the molecule is CCN1C(=O)C2(C3=C(Nc4c2c(-c2ccccc2)nn4-c2ccccc2)C(=O)c2ccccc2C3=O)c2cc(Br)ccc21. The average molecular weight is 627 g/mol. The van der Waals surface area contributed by atoms with Crippen molar-refractivity contribution >= 4 is 44.9 Å². The van der Waals surface area contributed by atoms with Crippen molar-refractivity contribution in [3.63, 3.8) is 0 Å². The third kappa shape index (κ3) is 3.29. The Labute approximate surface area is 255 Å². The number of likely N-dealkylation sites (N-methyl/N-ethyl adjacent to an activating group) is 1. The molecule has 1 atom stereocenters. The van der Waals surface area contributed by atoms with E-state index in [0.29, 0.717) is 40.4 Å². The zero-order valence-electron chi connectivity index (χ0n) is 23.0. The highest BCUT2D eigenvalue weighted by atomic mass is 79.9. The molecule has 43 heavy (non-hydrogen) atoms. The Kier molecular flexibility index (Phi) is 5.49. The van der Waals surface area contributed by atoms with E-state index in [-0.39, 0.29) is 34.3 Å². The molecule has 4 aromatic carbocycles. The van der Waals surface area contributed by atoms with Gasteiger partial charge in [-0.15, -0.1) is 0 Å². The summed E-state index contributed by atoms with van der Waals surface area (Å²) >= 11 is 3.63. The maximum atomic E-state index is 15.1. The maximum Gasteiger partial charge on any atom is 0.247 e. The molecule has 3 aliphatic rings. The fraction of sp³-hybridized carbons (Fsp3) is 0.0857. The van der Waals surface area contributed by atoms with E-state index in [9.17, 15) is 9.59 Å². The summed E-state index contributed by atoms with van der Waals surface area (Å²) in [5, 5.41) is 8.47. The first-order valence-corrected chi connectivity index (χ1v) is 14.8. The summed E-state index contributed by atoms with van der Waals surface area (Å²) in [5.74, 6) is -0.506. The lowest BCUT2D eigenvalue weighted by atomic mass is 9.63. The van der Waals surface area contributed by atoms with Crippen molar-refractivity contribution in [3.8, 4) is 16.9 Å². The number of carbonyl (C=O) groups is 3. The Morgan fingerprint density at radius 3 is 2.16 bits per heavy atom. The molecule has 0 bridgehead atoms. The molecule has 1 aromatic heterocycles. The van der Waals surface area contributed by atoms with Gasteiger partial charge in [0, 0.05) is 44.5 Å². The van der Waals surface area contributed by atoms with Crippen LogP contribution in [0.1, 0.15) is 38.8 Å². The van der Waals surface area contributed by atoms with Gasteiger partial charge in [0.05, 0.1) is 22.7 Å². The second kappa shape index (κ2) is 9.21. The van der Waals surface area contributed by atoms with Crippen molar-refractivity contribution in [2.75, 3.05) is 16.8 Å². The van der Waals surface area contributed by atoms with E-state index in [1.807, 2.05) is 85.8 Å². The van der Waals surface area contributed by atoms with Crippen molar-refractivity contribution in [2.45, 2.75) is 12.3 Å². The van der Waals surface area contributed by atoms with Gasteiger partial charge in [0.25, 0.3) is 0 Å². The minimum Gasteiger partial charge on any atom is -0.336 e. The number of hydrogen-bond donors (Lipinski definition) is 1. The number of fused-ring (bicyclic) bond motifs is 6. The molecule has 0 fully saturated rings. The molecule has 0 saturated carbocycles. The predicted octanol–water partition coefficient (Wildman–Crippen LogP) is 6.71. The fourth-order valence-electron chi connectivity index (χ4n) is 6.81. The summed E-state index contributed by atoms with van der Waals surface area (Å²) in [7, 11) is 0. The lowest BCUT2D eigenvalue weighted by Gasteiger charge is -2.39. The summed E-state index contributed by atoms with van der Waals surface area (Å²) in [5.41, 5.74) is 3.14. The van der Waals surface area contributed by atoms with Gasteiger partial charge in [-0.25, -0.2) is 4.68 Å². The maximum absolute atomic E-state index is 15.1. The molecule has 0 radical (unpaired) electrons. The van der Waals surface area contributed by atoms with Gasteiger partial charge in [0.15, 0.2) is 5.78 Å². The summed E-state index contributed by atoms with van der Waals surface area (Å²) in [4.78, 5) is 45.8. The lowest BCUT2D eigenvalue weighted by molar-refractivity contribution is -0.120. The van der Waals surface area contributed by atoms with Crippen LogP contribution in [0.15, 0.2) is 119 Å². The standard InChI is InChI=1S/C35H23BrN4O3/c1-2-39-26-18-17-21(36)19-25(26)35(34(39)43)27-30(32(42)24-16-10-9-15-23(24)31(27)41)37-33-28(35)29(20-11-5-3-6-12-20)38-40(33)22-13-7-4-8-14-22/h3-19,37H,2H2,1H3. The fourth-order valence-corrected chi connectivity index (χ4v) is 7.17. The molecule has 1 N–H and O–H groups in total. The molecule has 2 aliphatic heterocycles. The number of aromatic nitrogens is 2. The molecular weight excluding hydrogens is 604 g/mol. The highest BCUT2D eigenvalue weighted by molar-refractivity contribution is 9.10. The third-order valence-corrected chi connectivity index (χ3v) is 9.08. The zero-order valence-corrected chi connectivity index (χ0v) is 24.6. The molecule has 8 heteroatoms. The second-order valence-electron chi connectivity index (χ2n) is 10.7. The molecule has 1 unspecified atom stereocenters. The number of para-hydroxylation sites is 1. The summed E-state index contributed by atoms with van der Waals surface area (Å²) < 4.78 is 2.49. The molecule has 5 aromatic rings. The van der Waals surface area contributed by atoms with Crippen LogP contribution in [0.5, 0.6) is 0 Å². The third-order valence-electron chi connectivity index (χ3n) is 8.58. The summed E-state index contributed by atoms with van der Waals surface area (Å²) in [6.07, 6.45) is 0. The topological polar surface area (TPSA) is 84.3 Å². The number of ketones is 2. The number of rotatable bonds is 3. The van der Waals surface area contributed by atoms with Crippen LogP contribution in [0.2, 0.25) is 0 Å². The number of halogens is 1. The monoisotopic (exact) mass is 626 g/mol. The largest absolute Gasteiger partial charge is 0.336 e. The smallest absolute Gasteiger partial charge is 0.247 e. The average Bonchev–Trinajstić information content (AvgIpc) is 3.54. The van der Waals surface area contributed by atoms with E-state index in [2.05, 4.69) is 21.2 Å².